The minimum atomic E-state index is -4.82. The Hall–Kier alpha value is -3.56. The number of alkyl halides is 3. The molecule has 2 aromatic rings. The van der Waals surface area contributed by atoms with Crippen molar-refractivity contribution in [3.8, 4) is 5.75 Å². The van der Waals surface area contributed by atoms with Gasteiger partial charge in [-0.2, -0.15) is 0 Å². The van der Waals surface area contributed by atoms with Crippen LogP contribution in [0.2, 0.25) is 0 Å². The number of rotatable bonds is 10. The van der Waals surface area contributed by atoms with Gasteiger partial charge >= 0.3 is 12.5 Å². The molecule has 0 spiro atoms. The number of carbonyl (C=O) groups is 3. The average Bonchev–Trinajstić information content (AvgIpc) is 3.22. The fraction of sp³-hybridized carbons (Fsp3) is 0.483. The number of hydrogen-bond acceptors (Lipinski definition) is 5. The maximum atomic E-state index is 13.1. The van der Waals surface area contributed by atoms with Crippen molar-refractivity contribution in [2.24, 2.45) is 0 Å². The summed E-state index contributed by atoms with van der Waals surface area (Å²) in [5, 5.41) is 0. The van der Waals surface area contributed by atoms with Gasteiger partial charge in [0, 0.05) is 38.7 Å². The van der Waals surface area contributed by atoms with E-state index in [2.05, 4.69) is 4.74 Å². The number of nitrogens with zero attached hydrogens (tertiary/aromatic N) is 2. The molecule has 0 aromatic heterocycles. The van der Waals surface area contributed by atoms with Gasteiger partial charge in [-0.15, -0.1) is 13.2 Å². The molecular weight excluding hydrogens is 513 g/mol. The lowest BCUT2D eigenvalue weighted by molar-refractivity contribution is -0.274. The highest BCUT2D eigenvalue weighted by Crippen LogP contribution is 2.37. The van der Waals surface area contributed by atoms with Crippen LogP contribution in [0.1, 0.15) is 64.0 Å². The topological polar surface area (TPSA) is 76.2 Å². The first kappa shape index (κ1) is 30.0. The Balaban J connectivity index is 1.60. The SMILES string of the molecule is CC(=O)N1CC(C(=O)CCCCN(CCc2ccccc2OC(F)(F)F)C(=O)OC(C)(C)C)c2ccccc21. The molecule has 39 heavy (non-hydrogen) atoms. The van der Waals surface area contributed by atoms with Crippen LogP contribution >= 0.6 is 0 Å². The molecule has 7 nitrogen and oxygen atoms in total. The van der Waals surface area contributed by atoms with Crippen molar-refractivity contribution in [2.75, 3.05) is 24.5 Å². The molecule has 2 amide bonds. The van der Waals surface area contributed by atoms with Crippen LogP contribution in [0, 0.1) is 0 Å². The fourth-order valence-corrected chi connectivity index (χ4v) is 4.57. The van der Waals surface area contributed by atoms with E-state index in [1.54, 1.807) is 31.7 Å². The van der Waals surface area contributed by atoms with Crippen molar-refractivity contribution >= 4 is 23.5 Å². The predicted molar refractivity (Wildman–Crippen MR) is 141 cm³/mol. The third kappa shape index (κ3) is 8.73. The van der Waals surface area contributed by atoms with Gasteiger partial charge in [0.2, 0.25) is 5.91 Å². The van der Waals surface area contributed by atoms with Crippen molar-refractivity contribution in [1.29, 1.82) is 0 Å². The van der Waals surface area contributed by atoms with Crippen molar-refractivity contribution < 1.29 is 37.0 Å². The Kier molecular flexibility index (Phi) is 9.63. The second-order valence-corrected chi connectivity index (χ2v) is 10.5. The number of Topliss-reactive ketones (excluding diaryl/α,β-unsaturated/α-hetero) is 1. The molecule has 1 aliphatic rings. The minimum absolute atomic E-state index is 0.0215. The van der Waals surface area contributed by atoms with Crippen molar-refractivity contribution in [1.82, 2.24) is 4.90 Å². The molecular formula is C29H35F3N2O5. The van der Waals surface area contributed by atoms with Crippen LogP contribution < -0.4 is 9.64 Å². The predicted octanol–water partition coefficient (Wildman–Crippen LogP) is 6.25. The third-order valence-electron chi connectivity index (χ3n) is 6.34. The van der Waals surface area contributed by atoms with E-state index in [1.807, 2.05) is 24.3 Å². The van der Waals surface area contributed by atoms with Crippen LogP contribution in [0.15, 0.2) is 48.5 Å². The molecule has 3 rings (SSSR count). The van der Waals surface area contributed by atoms with E-state index in [0.717, 1.165) is 11.3 Å². The average molecular weight is 549 g/mol. The van der Waals surface area contributed by atoms with Gasteiger partial charge in [-0.05, 0) is 63.3 Å². The normalized spacial score (nSPS) is 15.1. The molecule has 1 unspecified atom stereocenters. The van der Waals surface area contributed by atoms with Gasteiger partial charge in [-0.1, -0.05) is 36.4 Å². The van der Waals surface area contributed by atoms with Crippen LogP contribution in [0.5, 0.6) is 5.75 Å². The number of para-hydroxylation sites is 2. The molecule has 0 fully saturated rings. The van der Waals surface area contributed by atoms with Gasteiger partial charge in [-0.3, -0.25) is 9.59 Å². The Morgan fingerprint density at radius 1 is 0.974 bits per heavy atom. The lowest BCUT2D eigenvalue weighted by Crippen LogP contribution is -2.38. The molecule has 0 saturated heterocycles. The summed E-state index contributed by atoms with van der Waals surface area (Å²) in [7, 11) is 0. The molecule has 0 radical (unpaired) electrons. The number of unbranched alkanes of at least 4 members (excludes halogenated alkanes) is 1. The Bertz CT molecular complexity index is 1180. The van der Waals surface area contributed by atoms with E-state index >= 15 is 0 Å². The molecule has 0 aliphatic carbocycles. The van der Waals surface area contributed by atoms with Gasteiger partial charge in [0.15, 0.2) is 0 Å². The molecule has 212 valence electrons. The number of anilines is 1. The molecule has 10 heteroatoms. The number of ether oxygens (including phenoxy) is 2. The van der Waals surface area contributed by atoms with Gasteiger partial charge in [0.25, 0.3) is 0 Å². The van der Waals surface area contributed by atoms with Crippen molar-refractivity contribution in [2.45, 2.75) is 71.3 Å². The molecule has 0 saturated carbocycles. The van der Waals surface area contributed by atoms with Gasteiger partial charge in [-0.25, -0.2) is 4.79 Å². The highest BCUT2D eigenvalue weighted by atomic mass is 19.4. The summed E-state index contributed by atoms with van der Waals surface area (Å²) in [5.41, 5.74) is 1.16. The van der Waals surface area contributed by atoms with E-state index in [0.29, 0.717) is 24.9 Å². The summed E-state index contributed by atoms with van der Waals surface area (Å²) in [6.07, 6.45) is -4.00. The summed E-state index contributed by atoms with van der Waals surface area (Å²) < 4.78 is 48.1. The van der Waals surface area contributed by atoms with Crippen molar-refractivity contribution in [3.05, 3.63) is 59.7 Å². The second-order valence-electron chi connectivity index (χ2n) is 10.5. The van der Waals surface area contributed by atoms with E-state index in [-0.39, 0.29) is 43.4 Å². The summed E-state index contributed by atoms with van der Waals surface area (Å²) >= 11 is 0. The first-order valence-electron chi connectivity index (χ1n) is 13.0. The maximum absolute atomic E-state index is 13.1. The number of hydrogen-bond donors (Lipinski definition) is 0. The minimum Gasteiger partial charge on any atom is -0.444 e. The number of halogens is 3. The molecule has 0 N–H and O–H groups in total. The molecule has 0 bridgehead atoms. The molecule has 1 atom stereocenters. The quantitative estimate of drug-likeness (QED) is 0.328. The number of ketones is 1. The Morgan fingerprint density at radius 3 is 2.31 bits per heavy atom. The maximum Gasteiger partial charge on any atom is 0.573 e. The summed E-state index contributed by atoms with van der Waals surface area (Å²) in [4.78, 5) is 41.0. The van der Waals surface area contributed by atoms with Crippen LogP contribution in [-0.2, 0) is 20.7 Å². The second kappa shape index (κ2) is 12.5. The molecule has 1 heterocycles. The summed E-state index contributed by atoms with van der Waals surface area (Å²) in [5.74, 6) is -0.797. The molecule has 1 aliphatic heterocycles. The zero-order chi connectivity index (χ0) is 28.8. The highest BCUT2D eigenvalue weighted by molar-refractivity contribution is 5.99. The van der Waals surface area contributed by atoms with E-state index < -0.39 is 24.0 Å². The molecule has 2 aromatic carbocycles. The monoisotopic (exact) mass is 548 g/mol. The van der Waals surface area contributed by atoms with Gasteiger partial charge in [0.1, 0.15) is 17.1 Å². The highest BCUT2D eigenvalue weighted by Gasteiger charge is 2.35. The zero-order valence-corrected chi connectivity index (χ0v) is 22.7. The number of benzene rings is 2. The third-order valence-corrected chi connectivity index (χ3v) is 6.34. The van der Waals surface area contributed by atoms with E-state index in [9.17, 15) is 27.6 Å². The van der Waals surface area contributed by atoms with E-state index in [1.165, 1.54) is 30.0 Å². The van der Waals surface area contributed by atoms with E-state index in [4.69, 9.17) is 4.74 Å². The fourth-order valence-electron chi connectivity index (χ4n) is 4.57. The van der Waals surface area contributed by atoms with Crippen LogP contribution in [0.25, 0.3) is 0 Å². The van der Waals surface area contributed by atoms with Crippen LogP contribution in [0.3, 0.4) is 0 Å². The lowest BCUT2D eigenvalue weighted by atomic mass is 9.94. The number of amides is 2. The van der Waals surface area contributed by atoms with Gasteiger partial charge in [0.05, 0.1) is 5.92 Å². The smallest absolute Gasteiger partial charge is 0.444 e. The number of fused-ring (bicyclic) bond motifs is 1. The standard InChI is InChI=1S/C29H35F3N2O5/c1-20(35)34-19-23(22-12-6-7-13-24(22)34)25(36)14-9-10-17-33(27(37)39-28(2,3)4)18-16-21-11-5-8-15-26(21)38-29(30,31)32/h5-8,11-13,15,23H,9-10,14,16-19H2,1-4H3. The van der Waals surface area contributed by atoms with Crippen molar-refractivity contribution in [3.63, 3.8) is 0 Å². The van der Waals surface area contributed by atoms with Crippen LogP contribution in [-0.4, -0.2) is 54.3 Å². The zero-order valence-electron chi connectivity index (χ0n) is 22.7. The van der Waals surface area contributed by atoms with Crippen LogP contribution in [0.4, 0.5) is 23.7 Å². The summed E-state index contributed by atoms with van der Waals surface area (Å²) in [6.45, 7) is 7.38. The summed E-state index contributed by atoms with van der Waals surface area (Å²) in [6, 6.07) is 13.2. The Morgan fingerprint density at radius 2 is 1.64 bits per heavy atom. The largest absolute Gasteiger partial charge is 0.573 e. The first-order chi connectivity index (χ1) is 18.2. The lowest BCUT2D eigenvalue weighted by Gasteiger charge is -2.28. The van der Waals surface area contributed by atoms with Gasteiger partial charge < -0.3 is 19.3 Å². The Labute approximate surface area is 226 Å². The first-order valence-corrected chi connectivity index (χ1v) is 13.0. The number of carbonyl (C=O) groups excluding carboxylic acids is 3.